The van der Waals surface area contributed by atoms with E-state index in [1.54, 1.807) is 12.1 Å². The van der Waals surface area contributed by atoms with E-state index in [9.17, 15) is 9.18 Å². The first-order valence-electron chi connectivity index (χ1n) is 5.11. The summed E-state index contributed by atoms with van der Waals surface area (Å²) in [5.74, 6) is -0.820. The number of hydrogen-bond acceptors (Lipinski definition) is 3. The SMILES string of the molecule is COc1ccc(Cl)cc1C(=O)c1ccncc1F. The van der Waals surface area contributed by atoms with Gasteiger partial charge in [0.15, 0.2) is 11.6 Å². The van der Waals surface area contributed by atoms with Crippen LogP contribution in [0.25, 0.3) is 0 Å². The van der Waals surface area contributed by atoms with Gasteiger partial charge in [-0.15, -0.1) is 0 Å². The second-order valence-electron chi connectivity index (χ2n) is 3.53. The van der Waals surface area contributed by atoms with E-state index in [4.69, 9.17) is 16.3 Å². The molecular formula is C13H9ClFNO2. The summed E-state index contributed by atoms with van der Waals surface area (Å²) in [6, 6.07) is 5.93. The highest BCUT2D eigenvalue weighted by atomic mass is 35.5. The minimum atomic E-state index is -0.676. The van der Waals surface area contributed by atoms with Gasteiger partial charge in [-0.1, -0.05) is 11.6 Å². The van der Waals surface area contributed by atoms with Crippen LogP contribution in [0.15, 0.2) is 36.7 Å². The molecule has 0 atom stereocenters. The van der Waals surface area contributed by atoms with Gasteiger partial charge in [0, 0.05) is 11.2 Å². The summed E-state index contributed by atoms with van der Waals surface area (Å²) >= 11 is 5.83. The smallest absolute Gasteiger partial charge is 0.199 e. The molecule has 0 unspecified atom stereocenters. The van der Waals surface area contributed by atoms with Gasteiger partial charge >= 0.3 is 0 Å². The number of aromatic nitrogens is 1. The molecule has 0 fully saturated rings. The minimum Gasteiger partial charge on any atom is -0.496 e. The normalized spacial score (nSPS) is 10.2. The first-order chi connectivity index (χ1) is 8.63. The Kier molecular flexibility index (Phi) is 3.58. The molecule has 2 aromatic rings. The molecule has 0 saturated carbocycles. The lowest BCUT2D eigenvalue weighted by molar-refractivity contribution is 0.103. The van der Waals surface area contributed by atoms with Crippen molar-refractivity contribution < 1.29 is 13.9 Å². The highest BCUT2D eigenvalue weighted by Crippen LogP contribution is 2.25. The Bertz CT molecular complexity index is 601. The summed E-state index contributed by atoms with van der Waals surface area (Å²) in [5, 5.41) is 0.383. The van der Waals surface area contributed by atoms with Crippen molar-refractivity contribution in [1.29, 1.82) is 0 Å². The van der Waals surface area contributed by atoms with Crippen molar-refractivity contribution in [2.75, 3.05) is 7.11 Å². The Morgan fingerprint density at radius 1 is 1.33 bits per heavy atom. The maximum Gasteiger partial charge on any atom is 0.199 e. The van der Waals surface area contributed by atoms with Gasteiger partial charge in [0.05, 0.1) is 24.4 Å². The third kappa shape index (κ3) is 2.33. The van der Waals surface area contributed by atoms with Gasteiger partial charge in [0.1, 0.15) is 5.75 Å². The zero-order valence-corrected chi connectivity index (χ0v) is 10.2. The van der Waals surface area contributed by atoms with Crippen molar-refractivity contribution in [3.8, 4) is 5.75 Å². The Labute approximate surface area is 108 Å². The molecule has 18 heavy (non-hydrogen) atoms. The van der Waals surface area contributed by atoms with Gasteiger partial charge in [-0.25, -0.2) is 4.39 Å². The third-order valence-corrected chi connectivity index (χ3v) is 2.66. The van der Waals surface area contributed by atoms with E-state index in [-0.39, 0.29) is 11.1 Å². The van der Waals surface area contributed by atoms with Gasteiger partial charge in [-0.05, 0) is 24.3 Å². The first kappa shape index (κ1) is 12.5. The van der Waals surface area contributed by atoms with Crippen molar-refractivity contribution in [3.05, 3.63) is 58.6 Å². The van der Waals surface area contributed by atoms with E-state index >= 15 is 0 Å². The summed E-state index contributed by atoms with van der Waals surface area (Å²) in [7, 11) is 1.43. The van der Waals surface area contributed by atoms with E-state index < -0.39 is 11.6 Å². The molecule has 0 amide bonds. The molecule has 3 nitrogen and oxygen atoms in total. The van der Waals surface area contributed by atoms with E-state index in [2.05, 4.69) is 4.98 Å². The number of rotatable bonds is 3. The fourth-order valence-electron chi connectivity index (χ4n) is 1.56. The van der Waals surface area contributed by atoms with E-state index in [0.29, 0.717) is 10.8 Å². The van der Waals surface area contributed by atoms with Crippen molar-refractivity contribution in [2.24, 2.45) is 0 Å². The minimum absolute atomic E-state index is 0.0643. The van der Waals surface area contributed by atoms with Crippen LogP contribution in [-0.2, 0) is 0 Å². The summed E-state index contributed by atoms with van der Waals surface area (Å²) in [5.41, 5.74) is 0.153. The van der Waals surface area contributed by atoms with E-state index in [1.165, 1.54) is 25.4 Å². The van der Waals surface area contributed by atoms with Crippen molar-refractivity contribution >= 4 is 17.4 Å². The topological polar surface area (TPSA) is 39.2 Å². The zero-order chi connectivity index (χ0) is 13.1. The molecule has 0 aliphatic heterocycles. The Morgan fingerprint density at radius 2 is 2.11 bits per heavy atom. The Balaban J connectivity index is 2.52. The van der Waals surface area contributed by atoms with Crippen LogP contribution in [-0.4, -0.2) is 17.9 Å². The lowest BCUT2D eigenvalue weighted by Crippen LogP contribution is -2.06. The molecule has 0 spiro atoms. The quantitative estimate of drug-likeness (QED) is 0.801. The van der Waals surface area contributed by atoms with Gasteiger partial charge in [-0.2, -0.15) is 0 Å². The number of ether oxygens (including phenoxy) is 1. The molecule has 0 N–H and O–H groups in total. The number of hydrogen-bond donors (Lipinski definition) is 0. The highest BCUT2D eigenvalue weighted by molar-refractivity contribution is 6.31. The molecule has 1 aromatic carbocycles. The number of pyridine rings is 1. The Morgan fingerprint density at radius 3 is 2.78 bits per heavy atom. The lowest BCUT2D eigenvalue weighted by Gasteiger charge is -2.08. The fourth-order valence-corrected chi connectivity index (χ4v) is 1.73. The summed E-state index contributed by atoms with van der Waals surface area (Å²) in [6.07, 6.45) is 2.34. The molecule has 0 radical (unpaired) electrons. The third-order valence-electron chi connectivity index (χ3n) is 2.42. The molecule has 0 aliphatic rings. The lowest BCUT2D eigenvalue weighted by atomic mass is 10.0. The standard InChI is InChI=1S/C13H9ClFNO2/c1-18-12-3-2-8(14)6-10(12)13(17)9-4-5-16-7-11(9)15/h2-7H,1H3. The highest BCUT2D eigenvalue weighted by Gasteiger charge is 2.18. The van der Waals surface area contributed by atoms with Crippen LogP contribution < -0.4 is 4.74 Å². The second-order valence-corrected chi connectivity index (χ2v) is 3.97. The number of methoxy groups -OCH3 is 1. The number of carbonyl (C=O) groups excluding carboxylic acids is 1. The largest absolute Gasteiger partial charge is 0.496 e. The number of halogens is 2. The molecule has 0 aliphatic carbocycles. The molecule has 2 rings (SSSR count). The molecule has 0 saturated heterocycles. The van der Waals surface area contributed by atoms with Gasteiger partial charge < -0.3 is 4.74 Å². The fraction of sp³-hybridized carbons (Fsp3) is 0.0769. The van der Waals surface area contributed by atoms with Crippen LogP contribution in [0.4, 0.5) is 4.39 Å². The number of ketones is 1. The molecule has 1 aromatic heterocycles. The van der Waals surface area contributed by atoms with Gasteiger partial charge in [0.2, 0.25) is 0 Å². The summed E-state index contributed by atoms with van der Waals surface area (Å²) < 4.78 is 18.6. The average Bonchev–Trinajstić information content (AvgIpc) is 2.38. The van der Waals surface area contributed by atoms with Crippen molar-refractivity contribution in [3.63, 3.8) is 0 Å². The number of carbonyl (C=O) groups is 1. The van der Waals surface area contributed by atoms with Crippen molar-refractivity contribution in [1.82, 2.24) is 4.98 Å². The van der Waals surface area contributed by atoms with E-state index in [0.717, 1.165) is 6.20 Å². The van der Waals surface area contributed by atoms with Crippen molar-refractivity contribution in [2.45, 2.75) is 0 Å². The molecule has 1 heterocycles. The molecular weight excluding hydrogens is 257 g/mol. The molecule has 5 heteroatoms. The average molecular weight is 266 g/mol. The summed E-state index contributed by atoms with van der Waals surface area (Å²) in [4.78, 5) is 15.8. The maximum atomic E-state index is 13.5. The predicted molar refractivity (Wildman–Crippen MR) is 65.6 cm³/mol. The van der Waals surface area contributed by atoms with Crippen LogP contribution in [0.1, 0.15) is 15.9 Å². The molecule has 92 valence electrons. The van der Waals surface area contributed by atoms with Crippen LogP contribution in [0, 0.1) is 5.82 Å². The number of benzene rings is 1. The van der Waals surface area contributed by atoms with E-state index in [1.807, 2.05) is 0 Å². The predicted octanol–water partition coefficient (Wildman–Crippen LogP) is 3.11. The van der Waals surface area contributed by atoms with Crippen LogP contribution >= 0.6 is 11.6 Å². The van der Waals surface area contributed by atoms with Crippen LogP contribution in [0.5, 0.6) is 5.75 Å². The van der Waals surface area contributed by atoms with Crippen LogP contribution in [0.2, 0.25) is 5.02 Å². The van der Waals surface area contributed by atoms with Crippen LogP contribution in [0.3, 0.4) is 0 Å². The first-order valence-corrected chi connectivity index (χ1v) is 5.49. The Hall–Kier alpha value is -1.94. The van der Waals surface area contributed by atoms with Gasteiger partial charge in [-0.3, -0.25) is 9.78 Å². The van der Waals surface area contributed by atoms with Gasteiger partial charge in [0.25, 0.3) is 0 Å². The maximum absolute atomic E-state index is 13.5. The zero-order valence-electron chi connectivity index (χ0n) is 9.48. The molecule has 0 bridgehead atoms. The second kappa shape index (κ2) is 5.14. The monoisotopic (exact) mass is 265 g/mol. The summed E-state index contributed by atoms with van der Waals surface area (Å²) in [6.45, 7) is 0. The number of nitrogens with zero attached hydrogens (tertiary/aromatic N) is 1.